The lowest BCUT2D eigenvalue weighted by Gasteiger charge is -2.24. The highest BCUT2D eigenvalue weighted by molar-refractivity contribution is 7.80. The number of nitrogens with zero attached hydrogens (tertiary/aromatic N) is 1. The Morgan fingerprint density at radius 2 is 1.92 bits per heavy atom. The van der Waals surface area contributed by atoms with Crippen LogP contribution in [0.3, 0.4) is 0 Å². The molecule has 0 aliphatic carbocycles. The Hall–Kier alpha value is -1.73. The van der Waals surface area contributed by atoms with Crippen LogP contribution >= 0.6 is 12.2 Å². The van der Waals surface area contributed by atoms with Crippen molar-refractivity contribution in [2.24, 2.45) is 0 Å². The molecule has 1 fully saturated rings. The predicted molar refractivity (Wildman–Crippen MR) is 105 cm³/mol. The van der Waals surface area contributed by atoms with Crippen LogP contribution in [0.4, 0.5) is 4.39 Å². The Morgan fingerprint density at radius 1 is 1.23 bits per heavy atom. The maximum atomic E-state index is 13.0. The highest BCUT2D eigenvalue weighted by Gasteiger charge is 2.23. The zero-order valence-corrected chi connectivity index (χ0v) is 16.7. The van der Waals surface area contributed by atoms with Gasteiger partial charge in [0.25, 0.3) is 5.91 Å². The summed E-state index contributed by atoms with van der Waals surface area (Å²) in [5.41, 5.74) is 0.801. The molecule has 0 saturated carbocycles. The van der Waals surface area contributed by atoms with Gasteiger partial charge in [0.2, 0.25) is 0 Å². The van der Waals surface area contributed by atoms with Crippen LogP contribution in [0.2, 0.25) is 0 Å². The number of thiocarbonyl (C=S) groups is 1. The number of halogens is 1. The second-order valence-corrected chi connectivity index (χ2v) is 8.24. The standard InChI is InChI=1S/C19H29FN4OS/c1-19(2,3)22-17(25)14-23-9-4-10-24(12-11-23)18(26)21-13-15-5-7-16(20)8-6-15/h5-8H,4,9-14H2,1-3H3,(H,21,26)(H,22,25)/p+1. The van der Waals surface area contributed by atoms with Gasteiger partial charge in [0, 0.05) is 25.0 Å². The van der Waals surface area contributed by atoms with Crippen LogP contribution in [-0.2, 0) is 11.3 Å². The third-order valence-corrected chi connectivity index (χ3v) is 4.67. The van der Waals surface area contributed by atoms with Crippen LogP contribution in [0.25, 0.3) is 0 Å². The van der Waals surface area contributed by atoms with Gasteiger partial charge in [-0.2, -0.15) is 0 Å². The van der Waals surface area contributed by atoms with E-state index in [9.17, 15) is 9.18 Å². The topological polar surface area (TPSA) is 48.8 Å². The van der Waals surface area contributed by atoms with Gasteiger partial charge in [0.05, 0.1) is 19.6 Å². The van der Waals surface area contributed by atoms with Crippen LogP contribution in [0.1, 0.15) is 32.8 Å². The molecule has 1 saturated heterocycles. The van der Waals surface area contributed by atoms with E-state index in [1.54, 1.807) is 12.1 Å². The summed E-state index contributed by atoms with van der Waals surface area (Å²) < 4.78 is 13.0. The molecule has 1 aliphatic rings. The first-order valence-electron chi connectivity index (χ1n) is 9.15. The van der Waals surface area contributed by atoms with E-state index in [0.29, 0.717) is 13.1 Å². The van der Waals surface area contributed by atoms with E-state index in [0.717, 1.165) is 43.3 Å². The fraction of sp³-hybridized carbons (Fsp3) is 0.579. The second kappa shape index (κ2) is 9.28. The summed E-state index contributed by atoms with van der Waals surface area (Å²) in [5.74, 6) is -0.139. The number of rotatable bonds is 4. The minimum atomic E-state index is -0.234. The van der Waals surface area contributed by atoms with Crippen molar-refractivity contribution in [3.8, 4) is 0 Å². The third-order valence-electron chi connectivity index (χ3n) is 4.26. The Balaban J connectivity index is 1.77. The molecule has 1 aromatic carbocycles. The highest BCUT2D eigenvalue weighted by atomic mass is 32.1. The van der Waals surface area contributed by atoms with E-state index in [2.05, 4.69) is 15.5 Å². The predicted octanol–water partition coefficient (Wildman–Crippen LogP) is 0.706. The number of quaternary nitrogens is 1. The summed E-state index contributed by atoms with van der Waals surface area (Å²) in [6.07, 6.45) is 0.997. The molecular weight excluding hydrogens is 351 g/mol. The van der Waals surface area contributed by atoms with Crippen LogP contribution in [0.15, 0.2) is 24.3 Å². The number of hydrogen-bond donors (Lipinski definition) is 3. The zero-order valence-electron chi connectivity index (χ0n) is 15.9. The van der Waals surface area contributed by atoms with E-state index >= 15 is 0 Å². The van der Waals surface area contributed by atoms with Crippen LogP contribution < -0.4 is 15.5 Å². The fourth-order valence-electron chi connectivity index (χ4n) is 3.01. The summed E-state index contributed by atoms with van der Waals surface area (Å²) in [6.45, 7) is 10.6. The number of nitrogens with one attached hydrogen (secondary N) is 3. The molecule has 7 heteroatoms. The number of carbonyl (C=O) groups excluding carboxylic acids is 1. The monoisotopic (exact) mass is 381 g/mol. The molecule has 1 amide bonds. The normalized spacial score (nSPS) is 18.2. The maximum absolute atomic E-state index is 13.0. The molecule has 1 heterocycles. The number of hydrogen-bond acceptors (Lipinski definition) is 2. The van der Waals surface area contributed by atoms with Gasteiger partial charge < -0.3 is 20.4 Å². The maximum Gasteiger partial charge on any atom is 0.275 e. The van der Waals surface area contributed by atoms with Gasteiger partial charge in [-0.1, -0.05) is 12.1 Å². The van der Waals surface area contributed by atoms with Crippen molar-refractivity contribution in [2.45, 2.75) is 39.3 Å². The number of carbonyl (C=O) groups is 1. The first-order chi connectivity index (χ1) is 12.2. The Kier molecular flexibility index (Phi) is 7.34. The molecule has 1 unspecified atom stereocenters. The van der Waals surface area contributed by atoms with E-state index in [-0.39, 0.29) is 17.3 Å². The SMILES string of the molecule is CC(C)(C)NC(=O)C[NH+]1CCCN(C(=S)NCc2ccc(F)cc2)CC1. The molecule has 0 radical (unpaired) electrons. The van der Waals surface area contributed by atoms with Crippen LogP contribution in [0, 0.1) is 5.82 Å². The van der Waals surface area contributed by atoms with Crippen molar-refractivity contribution in [3.63, 3.8) is 0 Å². The van der Waals surface area contributed by atoms with E-state index in [1.807, 2.05) is 20.8 Å². The lowest BCUT2D eigenvalue weighted by Crippen LogP contribution is -3.13. The largest absolute Gasteiger partial charge is 0.358 e. The Bertz CT molecular complexity index is 615. The van der Waals surface area contributed by atoms with Gasteiger partial charge in [-0.3, -0.25) is 4.79 Å². The molecule has 5 nitrogen and oxygen atoms in total. The zero-order chi connectivity index (χ0) is 19.2. The fourth-order valence-corrected chi connectivity index (χ4v) is 3.27. The van der Waals surface area contributed by atoms with E-state index in [1.165, 1.54) is 17.0 Å². The van der Waals surface area contributed by atoms with Gasteiger partial charge in [0.1, 0.15) is 5.82 Å². The molecule has 0 spiro atoms. The molecule has 1 aliphatic heterocycles. The smallest absolute Gasteiger partial charge is 0.275 e. The molecule has 26 heavy (non-hydrogen) atoms. The quantitative estimate of drug-likeness (QED) is 0.673. The van der Waals surface area contributed by atoms with Gasteiger partial charge >= 0.3 is 0 Å². The van der Waals surface area contributed by atoms with Crippen molar-refractivity contribution in [2.75, 3.05) is 32.7 Å². The Morgan fingerprint density at radius 3 is 2.58 bits per heavy atom. The van der Waals surface area contributed by atoms with Crippen molar-refractivity contribution < 1.29 is 14.1 Å². The molecule has 3 N–H and O–H groups in total. The summed E-state index contributed by atoms with van der Waals surface area (Å²) in [5, 5.41) is 6.99. The molecule has 144 valence electrons. The second-order valence-electron chi connectivity index (χ2n) is 7.85. The summed E-state index contributed by atoms with van der Waals surface area (Å²) in [7, 11) is 0. The lowest BCUT2D eigenvalue weighted by molar-refractivity contribution is -0.889. The minimum Gasteiger partial charge on any atom is -0.358 e. The van der Waals surface area contributed by atoms with Crippen molar-refractivity contribution in [3.05, 3.63) is 35.6 Å². The van der Waals surface area contributed by atoms with E-state index in [4.69, 9.17) is 12.2 Å². The Labute approximate surface area is 160 Å². The molecule has 1 atom stereocenters. The number of amides is 1. The lowest BCUT2D eigenvalue weighted by atomic mass is 10.1. The summed E-state index contributed by atoms with van der Waals surface area (Å²) in [4.78, 5) is 15.6. The van der Waals surface area contributed by atoms with Gasteiger partial charge in [-0.15, -0.1) is 0 Å². The van der Waals surface area contributed by atoms with Gasteiger partial charge in [0.15, 0.2) is 11.7 Å². The van der Waals surface area contributed by atoms with Crippen molar-refractivity contribution >= 4 is 23.2 Å². The first-order valence-corrected chi connectivity index (χ1v) is 9.55. The van der Waals surface area contributed by atoms with Crippen LogP contribution in [-0.4, -0.2) is 54.2 Å². The van der Waals surface area contributed by atoms with Crippen LogP contribution in [0.5, 0.6) is 0 Å². The average Bonchev–Trinajstić information content (AvgIpc) is 2.78. The third kappa shape index (κ3) is 7.25. The van der Waals surface area contributed by atoms with Gasteiger partial charge in [-0.05, 0) is 50.7 Å². The van der Waals surface area contributed by atoms with Crippen molar-refractivity contribution in [1.29, 1.82) is 0 Å². The molecule has 2 rings (SSSR count). The van der Waals surface area contributed by atoms with Crippen molar-refractivity contribution in [1.82, 2.24) is 15.5 Å². The summed E-state index contributed by atoms with van der Waals surface area (Å²) in [6, 6.07) is 6.42. The number of benzene rings is 1. The van der Waals surface area contributed by atoms with Gasteiger partial charge in [-0.25, -0.2) is 4.39 Å². The minimum absolute atomic E-state index is 0.0953. The first kappa shape index (κ1) is 20.6. The summed E-state index contributed by atoms with van der Waals surface area (Å²) >= 11 is 5.51. The molecule has 0 aromatic heterocycles. The molecule has 1 aromatic rings. The highest BCUT2D eigenvalue weighted by Crippen LogP contribution is 2.03. The van der Waals surface area contributed by atoms with E-state index < -0.39 is 0 Å². The molecular formula is C19H30FN4OS+. The average molecular weight is 382 g/mol. The molecule has 0 bridgehead atoms.